The molecule has 2 nitrogen and oxygen atoms in total. The molecule has 0 amide bonds. The maximum absolute atomic E-state index is 11.9. The maximum atomic E-state index is 11.9. The summed E-state index contributed by atoms with van der Waals surface area (Å²) in [6.07, 6.45) is 4.66. The second kappa shape index (κ2) is 8.52. The van der Waals surface area contributed by atoms with Crippen LogP contribution in [0.1, 0.15) is 60.3 Å². The van der Waals surface area contributed by atoms with Gasteiger partial charge in [-0.15, -0.1) is 0 Å². The Morgan fingerprint density at radius 1 is 1.17 bits per heavy atom. The van der Waals surface area contributed by atoms with Crippen LogP contribution >= 0.6 is 0 Å². The van der Waals surface area contributed by atoms with Crippen molar-refractivity contribution in [3.05, 3.63) is 12.2 Å². The smallest absolute Gasteiger partial charge is 0.319 e. The molecular formula is C15H30O2Si. The number of carbonyl (C=O) groups excluding carboxylic acids is 1. The molecule has 0 saturated heterocycles. The van der Waals surface area contributed by atoms with Gasteiger partial charge in [-0.1, -0.05) is 60.0 Å². The minimum Gasteiger partial charge on any atom is -0.516 e. The highest BCUT2D eigenvalue weighted by atomic mass is 28.4. The van der Waals surface area contributed by atoms with E-state index in [1.807, 2.05) is 0 Å². The van der Waals surface area contributed by atoms with Crippen molar-refractivity contribution in [1.82, 2.24) is 0 Å². The summed E-state index contributed by atoms with van der Waals surface area (Å²) in [5.41, 5.74) is 1.01. The predicted molar refractivity (Wildman–Crippen MR) is 81.2 cm³/mol. The summed E-state index contributed by atoms with van der Waals surface area (Å²) in [5.74, 6) is -0.178. The molecule has 0 atom stereocenters. The molecule has 0 spiro atoms. The number of hydrogen-bond donors (Lipinski definition) is 0. The van der Waals surface area contributed by atoms with Crippen LogP contribution < -0.4 is 0 Å². The van der Waals surface area contributed by atoms with Gasteiger partial charge in [-0.2, -0.15) is 0 Å². The van der Waals surface area contributed by atoms with Gasteiger partial charge in [0.2, 0.25) is 0 Å². The predicted octanol–water partition coefficient (Wildman–Crippen LogP) is 5.06. The lowest BCUT2D eigenvalue weighted by Crippen LogP contribution is -2.43. The molecule has 106 valence electrons. The Hall–Kier alpha value is -0.573. The molecule has 0 rings (SSSR count). The van der Waals surface area contributed by atoms with Crippen LogP contribution in [0.2, 0.25) is 17.6 Å². The molecule has 0 fully saturated rings. The van der Waals surface area contributed by atoms with Crippen LogP contribution in [0.4, 0.5) is 0 Å². The summed E-state index contributed by atoms with van der Waals surface area (Å²) in [7, 11) is -1.95. The Bertz CT molecular complexity index is 264. The Labute approximate surface area is 114 Å². The van der Waals surface area contributed by atoms with Gasteiger partial charge < -0.3 is 4.43 Å². The quantitative estimate of drug-likeness (QED) is 0.432. The Morgan fingerprint density at radius 3 is 1.89 bits per heavy atom. The van der Waals surface area contributed by atoms with Crippen LogP contribution in [0.25, 0.3) is 0 Å². The molecule has 0 bridgehead atoms. The van der Waals surface area contributed by atoms with Crippen molar-refractivity contribution in [2.24, 2.45) is 0 Å². The molecule has 0 aliphatic heterocycles. The van der Waals surface area contributed by atoms with Gasteiger partial charge in [-0.25, -0.2) is 4.79 Å². The molecule has 3 heteroatoms. The highest BCUT2D eigenvalue weighted by Crippen LogP contribution is 2.34. The second-order valence-corrected chi connectivity index (χ2v) is 10.1. The van der Waals surface area contributed by atoms with Crippen molar-refractivity contribution in [2.45, 2.75) is 77.9 Å². The van der Waals surface area contributed by atoms with Gasteiger partial charge in [0.25, 0.3) is 8.32 Å². The zero-order chi connectivity index (χ0) is 14.2. The van der Waals surface area contributed by atoms with Gasteiger partial charge in [0.05, 0.1) is 0 Å². The fourth-order valence-electron chi connectivity index (χ4n) is 2.15. The third-order valence-corrected chi connectivity index (χ3v) is 8.70. The largest absolute Gasteiger partial charge is 0.516 e. The van der Waals surface area contributed by atoms with E-state index < -0.39 is 8.32 Å². The van der Waals surface area contributed by atoms with Crippen molar-refractivity contribution in [2.75, 3.05) is 0 Å². The normalized spacial score (nSPS) is 11.7. The van der Waals surface area contributed by atoms with Crippen LogP contribution in [0.3, 0.4) is 0 Å². The van der Waals surface area contributed by atoms with E-state index >= 15 is 0 Å². The van der Waals surface area contributed by atoms with Crippen LogP contribution in [0.5, 0.6) is 0 Å². The van der Waals surface area contributed by atoms with Gasteiger partial charge in [0.1, 0.15) is 0 Å². The first-order valence-electron chi connectivity index (χ1n) is 7.28. The summed E-state index contributed by atoms with van der Waals surface area (Å²) in [6.45, 7) is 14.3. The van der Waals surface area contributed by atoms with E-state index in [1.54, 1.807) is 6.92 Å². The molecule has 0 aromatic rings. The van der Waals surface area contributed by atoms with Gasteiger partial charge in [-0.05, 0) is 24.6 Å². The first kappa shape index (κ1) is 17.4. The standard InChI is InChI=1S/C15H30O2Si/c1-7-9-11-18(14(5)6,12-10-8-2)17-15(16)13(3)4/h14H,3,7-12H2,1-2,4-6H3. The number of unbranched alkanes of at least 4 members (excludes halogenated alkanes) is 2. The SMILES string of the molecule is C=C(C)C(=O)O[Si](CCCC)(CCCC)C(C)C. The Morgan fingerprint density at radius 2 is 1.61 bits per heavy atom. The maximum Gasteiger partial charge on any atom is 0.319 e. The highest BCUT2D eigenvalue weighted by Gasteiger charge is 2.40. The number of carbonyl (C=O) groups is 1. The van der Waals surface area contributed by atoms with E-state index in [-0.39, 0.29) is 5.97 Å². The van der Waals surface area contributed by atoms with Gasteiger partial charge in [0.15, 0.2) is 0 Å². The van der Waals surface area contributed by atoms with Crippen molar-refractivity contribution >= 4 is 14.3 Å². The molecule has 0 N–H and O–H groups in total. The lowest BCUT2D eigenvalue weighted by atomic mass is 10.4. The van der Waals surface area contributed by atoms with Gasteiger partial charge in [-0.3, -0.25) is 0 Å². The molecule has 18 heavy (non-hydrogen) atoms. The molecule has 0 aromatic heterocycles. The minimum atomic E-state index is -1.95. The fraction of sp³-hybridized carbons (Fsp3) is 0.800. The summed E-state index contributed by atoms with van der Waals surface area (Å²) in [5, 5.41) is 0. The third kappa shape index (κ3) is 5.38. The third-order valence-electron chi connectivity index (χ3n) is 3.60. The average Bonchev–Trinajstić information content (AvgIpc) is 2.32. The van der Waals surface area contributed by atoms with E-state index in [1.165, 1.54) is 0 Å². The number of rotatable bonds is 9. The molecule has 0 aromatic carbocycles. The highest BCUT2D eigenvalue weighted by molar-refractivity contribution is 6.76. The first-order valence-corrected chi connectivity index (χ1v) is 9.68. The van der Waals surface area contributed by atoms with Crippen LogP contribution in [-0.2, 0) is 9.22 Å². The van der Waals surface area contributed by atoms with Gasteiger partial charge >= 0.3 is 5.97 Å². The van der Waals surface area contributed by atoms with E-state index in [4.69, 9.17) is 4.43 Å². The molecule has 0 aliphatic carbocycles. The minimum absolute atomic E-state index is 0.178. The van der Waals surface area contributed by atoms with Crippen molar-refractivity contribution in [3.63, 3.8) is 0 Å². The van der Waals surface area contributed by atoms with Gasteiger partial charge in [0, 0.05) is 5.57 Å². The summed E-state index contributed by atoms with van der Waals surface area (Å²) >= 11 is 0. The van der Waals surface area contributed by atoms with Crippen LogP contribution in [0, 0.1) is 0 Å². The Kier molecular flexibility index (Phi) is 8.24. The zero-order valence-corrected chi connectivity index (χ0v) is 13.8. The van der Waals surface area contributed by atoms with E-state index in [9.17, 15) is 4.79 Å². The average molecular weight is 270 g/mol. The number of hydrogen-bond acceptors (Lipinski definition) is 2. The second-order valence-electron chi connectivity index (χ2n) is 5.60. The fourth-order valence-corrected chi connectivity index (χ4v) is 6.44. The molecule has 0 saturated carbocycles. The van der Waals surface area contributed by atoms with Crippen molar-refractivity contribution in [3.8, 4) is 0 Å². The lowest BCUT2D eigenvalue weighted by molar-refractivity contribution is -0.131. The molecule has 0 radical (unpaired) electrons. The monoisotopic (exact) mass is 270 g/mol. The lowest BCUT2D eigenvalue weighted by Gasteiger charge is -2.35. The first-order chi connectivity index (χ1) is 8.39. The van der Waals surface area contributed by atoms with E-state index in [0.29, 0.717) is 11.1 Å². The van der Waals surface area contributed by atoms with E-state index in [2.05, 4.69) is 34.3 Å². The zero-order valence-electron chi connectivity index (χ0n) is 12.8. The van der Waals surface area contributed by atoms with E-state index in [0.717, 1.165) is 37.8 Å². The topological polar surface area (TPSA) is 26.3 Å². The molecule has 0 aliphatic rings. The summed E-state index contributed by atoms with van der Waals surface area (Å²) in [6, 6.07) is 2.19. The summed E-state index contributed by atoms with van der Waals surface area (Å²) in [4.78, 5) is 11.9. The Balaban J connectivity index is 4.92. The molecule has 0 heterocycles. The molecular weight excluding hydrogens is 240 g/mol. The van der Waals surface area contributed by atoms with Crippen molar-refractivity contribution < 1.29 is 9.22 Å². The summed E-state index contributed by atoms with van der Waals surface area (Å²) < 4.78 is 5.97. The van der Waals surface area contributed by atoms with Crippen molar-refractivity contribution in [1.29, 1.82) is 0 Å². The van der Waals surface area contributed by atoms with Crippen LogP contribution in [0.15, 0.2) is 12.2 Å². The molecule has 0 unspecified atom stereocenters. The van der Waals surface area contributed by atoms with Crippen LogP contribution in [-0.4, -0.2) is 14.3 Å².